The molecule has 2 atom stereocenters. The summed E-state index contributed by atoms with van der Waals surface area (Å²) in [6.45, 7) is 12.8. The van der Waals surface area contributed by atoms with Crippen LogP contribution in [-0.2, 0) is 4.74 Å². The van der Waals surface area contributed by atoms with Crippen molar-refractivity contribution in [2.45, 2.75) is 59.6 Å². The zero-order chi connectivity index (χ0) is 18.8. The average Bonchev–Trinajstić information content (AvgIpc) is 2.50. The molecular formula is C18H27N5O2. The number of hydrogen-bond acceptors (Lipinski definition) is 6. The Hall–Kier alpha value is -2.36. The number of nitrogens with zero attached hydrogens (tertiary/aromatic N) is 4. The fraction of sp³-hybridized carbons (Fsp3) is 0.667. The minimum atomic E-state index is -0.509. The molecule has 0 spiro atoms. The second kappa shape index (κ2) is 7.26. The summed E-state index contributed by atoms with van der Waals surface area (Å²) in [5.41, 5.74) is 1.72. The Morgan fingerprint density at radius 1 is 1.36 bits per heavy atom. The maximum absolute atomic E-state index is 12.0. The first kappa shape index (κ1) is 19.0. The predicted molar refractivity (Wildman–Crippen MR) is 95.4 cm³/mol. The lowest BCUT2D eigenvalue weighted by Gasteiger charge is -2.38. The molecule has 2 heterocycles. The van der Waals surface area contributed by atoms with Crippen molar-refractivity contribution < 1.29 is 9.53 Å². The maximum Gasteiger partial charge on any atom is 0.407 e. The van der Waals surface area contributed by atoms with E-state index in [2.05, 4.69) is 33.4 Å². The highest BCUT2D eigenvalue weighted by atomic mass is 16.6. The summed E-state index contributed by atoms with van der Waals surface area (Å²) in [6, 6.07) is 2.29. The zero-order valence-electron chi connectivity index (χ0n) is 15.9. The molecule has 136 valence electrons. The number of carbonyl (C=O) groups is 1. The minimum absolute atomic E-state index is 0.0381. The first-order valence-electron chi connectivity index (χ1n) is 8.61. The molecule has 0 bridgehead atoms. The molecule has 1 saturated heterocycles. The van der Waals surface area contributed by atoms with Gasteiger partial charge in [0.25, 0.3) is 0 Å². The number of nitrogens with one attached hydrogen (secondary N) is 1. The van der Waals surface area contributed by atoms with E-state index in [1.54, 1.807) is 0 Å². The van der Waals surface area contributed by atoms with Gasteiger partial charge in [0.15, 0.2) is 5.82 Å². The minimum Gasteiger partial charge on any atom is -0.444 e. The van der Waals surface area contributed by atoms with Crippen LogP contribution in [0.5, 0.6) is 0 Å². The van der Waals surface area contributed by atoms with Crippen LogP contribution in [0.1, 0.15) is 50.9 Å². The van der Waals surface area contributed by atoms with Gasteiger partial charge in [0, 0.05) is 19.1 Å². The first-order valence-corrected chi connectivity index (χ1v) is 8.61. The van der Waals surface area contributed by atoms with Crippen LogP contribution in [0.4, 0.5) is 10.6 Å². The van der Waals surface area contributed by atoms with Gasteiger partial charge in [0.05, 0.1) is 5.69 Å². The van der Waals surface area contributed by atoms with Crippen LogP contribution in [0.25, 0.3) is 0 Å². The summed E-state index contributed by atoms with van der Waals surface area (Å²) in [6.07, 6.45) is 0.376. The Labute approximate surface area is 149 Å². The van der Waals surface area contributed by atoms with Crippen LogP contribution in [0.15, 0.2) is 0 Å². The van der Waals surface area contributed by atoms with Gasteiger partial charge in [-0.05, 0) is 52.5 Å². The molecule has 2 rings (SSSR count). The lowest BCUT2D eigenvalue weighted by Crippen LogP contribution is -2.51. The SMILES string of the molecule is Cc1nnc(N2CC[C@@H](NC(=O)OC(C)(C)C)[C@H](C)C2)c(C#N)c1C. The van der Waals surface area contributed by atoms with Crippen LogP contribution < -0.4 is 10.2 Å². The number of carbonyl (C=O) groups excluding carboxylic acids is 1. The lowest BCUT2D eigenvalue weighted by atomic mass is 9.93. The summed E-state index contributed by atoms with van der Waals surface area (Å²) in [7, 11) is 0. The number of nitriles is 1. The Kier molecular flexibility index (Phi) is 5.51. The number of ether oxygens (including phenoxy) is 1. The van der Waals surface area contributed by atoms with Crippen LogP contribution >= 0.6 is 0 Å². The Morgan fingerprint density at radius 3 is 2.60 bits per heavy atom. The van der Waals surface area contributed by atoms with Gasteiger partial charge in [0.1, 0.15) is 17.2 Å². The summed E-state index contributed by atoms with van der Waals surface area (Å²) < 4.78 is 5.34. The second-order valence-electron chi connectivity index (χ2n) is 7.69. The molecule has 0 radical (unpaired) electrons. The summed E-state index contributed by atoms with van der Waals surface area (Å²) >= 11 is 0. The molecule has 25 heavy (non-hydrogen) atoms. The quantitative estimate of drug-likeness (QED) is 0.886. The third-order valence-electron chi connectivity index (χ3n) is 4.45. The molecule has 1 N–H and O–H groups in total. The smallest absolute Gasteiger partial charge is 0.407 e. The van der Waals surface area contributed by atoms with Crippen molar-refractivity contribution >= 4 is 11.9 Å². The van der Waals surface area contributed by atoms with E-state index in [0.717, 1.165) is 17.7 Å². The molecule has 1 aromatic heterocycles. The van der Waals surface area contributed by atoms with E-state index in [1.165, 1.54) is 0 Å². The number of hydrogen-bond donors (Lipinski definition) is 1. The normalized spacial score (nSPS) is 20.8. The van der Waals surface area contributed by atoms with Crippen molar-refractivity contribution in [1.82, 2.24) is 15.5 Å². The molecule has 1 aliphatic heterocycles. The number of aryl methyl sites for hydroxylation is 1. The number of piperidine rings is 1. The molecule has 1 aromatic rings. The van der Waals surface area contributed by atoms with Crippen molar-refractivity contribution in [1.29, 1.82) is 5.26 Å². The van der Waals surface area contributed by atoms with Crippen molar-refractivity contribution in [3.05, 3.63) is 16.8 Å². The van der Waals surface area contributed by atoms with Gasteiger partial charge >= 0.3 is 6.09 Å². The summed E-state index contributed by atoms with van der Waals surface area (Å²) in [4.78, 5) is 14.1. The van der Waals surface area contributed by atoms with Crippen LogP contribution in [-0.4, -0.2) is 41.0 Å². The van der Waals surface area contributed by atoms with Gasteiger partial charge in [-0.3, -0.25) is 0 Å². The van der Waals surface area contributed by atoms with Crippen molar-refractivity contribution in [3.63, 3.8) is 0 Å². The van der Waals surface area contributed by atoms with Gasteiger partial charge in [-0.25, -0.2) is 4.79 Å². The molecule has 0 unspecified atom stereocenters. The van der Waals surface area contributed by atoms with Gasteiger partial charge in [-0.2, -0.15) is 10.4 Å². The first-order chi connectivity index (χ1) is 11.6. The third kappa shape index (κ3) is 4.59. The molecule has 1 amide bonds. The van der Waals surface area contributed by atoms with Crippen LogP contribution in [0.2, 0.25) is 0 Å². The molecule has 0 aromatic carbocycles. The standard InChI is InChI=1S/C18H27N5O2/c1-11-10-23(16-14(9-19)12(2)13(3)21-22-16)8-7-15(11)20-17(24)25-18(4,5)6/h11,15H,7-8,10H2,1-6H3,(H,20,24)/t11-,15-/m1/s1. The topological polar surface area (TPSA) is 91.1 Å². The van der Waals surface area contributed by atoms with E-state index >= 15 is 0 Å². The highest BCUT2D eigenvalue weighted by Gasteiger charge is 2.31. The molecule has 0 saturated carbocycles. The molecule has 7 heteroatoms. The summed E-state index contributed by atoms with van der Waals surface area (Å²) in [5, 5.41) is 20.8. The monoisotopic (exact) mass is 345 g/mol. The fourth-order valence-corrected chi connectivity index (χ4v) is 2.96. The molecule has 0 aliphatic carbocycles. The van der Waals surface area contributed by atoms with Crippen molar-refractivity contribution in [2.75, 3.05) is 18.0 Å². The van der Waals surface area contributed by atoms with Crippen molar-refractivity contribution in [2.24, 2.45) is 5.92 Å². The summed E-state index contributed by atoms with van der Waals surface area (Å²) in [5.74, 6) is 0.837. The highest BCUT2D eigenvalue weighted by Crippen LogP contribution is 2.26. The molecular weight excluding hydrogens is 318 g/mol. The molecule has 1 fully saturated rings. The number of amides is 1. The highest BCUT2D eigenvalue weighted by molar-refractivity contribution is 5.68. The van der Waals surface area contributed by atoms with E-state index in [-0.39, 0.29) is 18.1 Å². The number of rotatable bonds is 2. The van der Waals surface area contributed by atoms with Gasteiger partial charge in [0.2, 0.25) is 0 Å². The van der Waals surface area contributed by atoms with Crippen molar-refractivity contribution in [3.8, 4) is 6.07 Å². The number of alkyl carbamates (subject to hydrolysis) is 1. The van der Waals surface area contributed by atoms with E-state index in [4.69, 9.17) is 4.74 Å². The third-order valence-corrected chi connectivity index (χ3v) is 4.45. The van der Waals surface area contributed by atoms with E-state index in [0.29, 0.717) is 24.5 Å². The number of anilines is 1. The molecule has 1 aliphatic rings. The van der Waals surface area contributed by atoms with E-state index in [1.807, 2.05) is 34.6 Å². The largest absolute Gasteiger partial charge is 0.444 e. The lowest BCUT2D eigenvalue weighted by molar-refractivity contribution is 0.0481. The van der Waals surface area contributed by atoms with E-state index < -0.39 is 5.60 Å². The Bertz CT molecular complexity index is 690. The van der Waals surface area contributed by atoms with Gasteiger partial charge in [-0.1, -0.05) is 6.92 Å². The Morgan fingerprint density at radius 2 is 2.04 bits per heavy atom. The zero-order valence-corrected chi connectivity index (χ0v) is 15.9. The van der Waals surface area contributed by atoms with Gasteiger partial charge in [-0.15, -0.1) is 5.10 Å². The predicted octanol–water partition coefficient (Wildman–Crippen LogP) is 2.70. The fourth-order valence-electron chi connectivity index (χ4n) is 2.96. The van der Waals surface area contributed by atoms with Crippen LogP contribution in [0.3, 0.4) is 0 Å². The number of aromatic nitrogens is 2. The Balaban J connectivity index is 2.06. The van der Waals surface area contributed by atoms with E-state index in [9.17, 15) is 10.1 Å². The molecule has 7 nitrogen and oxygen atoms in total. The van der Waals surface area contributed by atoms with Crippen LogP contribution in [0, 0.1) is 31.1 Å². The maximum atomic E-state index is 12.0. The average molecular weight is 345 g/mol. The second-order valence-corrected chi connectivity index (χ2v) is 7.69. The van der Waals surface area contributed by atoms with Gasteiger partial charge < -0.3 is 15.0 Å².